The maximum Gasteiger partial charge on any atom is 0.0728 e. The van der Waals surface area contributed by atoms with Gasteiger partial charge in [-0.1, -0.05) is 30.7 Å². The summed E-state index contributed by atoms with van der Waals surface area (Å²) >= 11 is 5.74. The van der Waals surface area contributed by atoms with Gasteiger partial charge < -0.3 is 10.8 Å². The average Bonchev–Trinajstić information content (AvgIpc) is 2.17. The third-order valence-corrected chi connectivity index (χ3v) is 2.47. The maximum absolute atomic E-state index is 9.49. The van der Waals surface area contributed by atoms with Gasteiger partial charge in [0.05, 0.1) is 6.10 Å². The minimum Gasteiger partial charge on any atom is -0.391 e. The number of rotatable bonds is 3. The van der Waals surface area contributed by atoms with Crippen LogP contribution in [0.1, 0.15) is 18.4 Å². The molecule has 72 valence electrons. The summed E-state index contributed by atoms with van der Waals surface area (Å²) in [7, 11) is 0. The van der Waals surface area contributed by atoms with E-state index in [1.807, 2.05) is 31.2 Å². The summed E-state index contributed by atoms with van der Waals surface area (Å²) in [6.45, 7) is 2.23. The third kappa shape index (κ3) is 2.69. The van der Waals surface area contributed by atoms with Gasteiger partial charge in [-0.3, -0.25) is 0 Å². The molecule has 0 amide bonds. The molecule has 0 radical (unpaired) electrons. The zero-order valence-electron chi connectivity index (χ0n) is 7.57. The molecule has 1 aromatic carbocycles. The lowest BCUT2D eigenvalue weighted by Crippen LogP contribution is -2.25. The van der Waals surface area contributed by atoms with Crippen LogP contribution in [0.4, 0.5) is 0 Å². The number of hydrogen-bond donors (Lipinski definition) is 2. The SMILES string of the molecule is CC(c1ccc(Cl)cc1)C(O)CN. The smallest absolute Gasteiger partial charge is 0.0728 e. The van der Waals surface area contributed by atoms with E-state index in [2.05, 4.69) is 0 Å². The fourth-order valence-corrected chi connectivity index (χ4v) is 1.32. The molecule has 0 saturated carbocycles. The average molecular weight is 200 g/mol. The van der Waals surface area contributed by atoms with Crippen LogP contribution in [-0.2, 0) is 0 Å². The van der Waals surface area contributed by atoms with Crippen LogP contribution in [-0.4, -0.2) is 17.8 Å². The molecule has 0 aliphatic carbocycles. The zero-order chi connectivity index (χ0) is 9.84. The second kappa shape index (κ2) is 4.61. The lowest BCUT2D eigenvalue weighted by Gasteiger charge is -2.17. The first kappa shape index (κ1) is 10.5. The van der Waals surface area contributed by atoms with Crippen molar-refractivity contribution in [3.63, 3.8) is 0 Å². The van der Waals surface area contributed by atoms with Crippen molar-refractivity contribution in [2.45, 2.75) is 18.9 Å². The van der Waals surface area contributed by atoms with Crippen molar-refractivity contribution in [1.82, 2.24) is 0 Å². The van der Waals surface area contributed by atoms with Crippen LogP contribution in [0.25, 0.3) is 0 Å². The van der Waals surface area contributed by atoms with Crippen molar-refractivity contribution >= 4 is 11.6 Å². The molecule has 0 aliphatic rings. The van der Waals surface area contributed by atoms with E-state index in [0.717, 1.165) is 5.56 Å². The Morgan fingerprint density at radius 3 is 2.38 bits per heavy atom. The molecule has 2 atom stereocenters. The molecule has 0 saturated heterocycles. The van der Waals surface area contributed by atoms with Crippen molar-refractivity contribution in [1.29, 1.82) is 0 Å². The van der Waals surface area contributed by atoms with Gasteiger partial charge in [-0.05, 0) is 17.7 Å². The molecule has 2 nitrogen and oxygen atoms in total. The van der Waals surface area contributed by atoms with E-state index in [0.29, 0.717) is 5.02 Å². The van der Waals surface area contributed by atoms with Gasteiger partial charge in [0.1, 0.15) is 0 Å². The molecule has 1 aromatic rings. The Bertz CT molecular complexity index is 260. The third-order valence-electron chi connectivity index (χ3n) is 2.21. The molecule has 0 aliphatic heterocycles. The van der Waals surface area contributed by atoms with Gasteiger partial charge in [0.15, 0.2) is 0 Å². The zero-order valence-corrected chi connectivity index (χ0v) is 8.33. The summed E-state index contributed by atoms with van der Waals surface area (Å²) in [5, 5.41) is 10.2. The van der Waals surface area contributed by atoms with E-state index >= 15 is 0 Å². The predicted octanol–water partition coefficient (Wildman–Crippen LogP) is 1.76. The van der Waals surface area contributed by atoms with Crippen LogP contribution in [0.2, 0.25) is 5.02 Å². The largest absolute Gasteiger partial charge is 0.391 e. The Balaban J connectivity index is 2.77. The van der Waals surface area contributed by atoms with Gasteiger partial charge >= 0.3 is 0 Å². The van der Waals surface area contributed by atoms with E-state index in [1.54, 1.807) is 0 Å². The van der Waals surface area contributed by atoms with Gasteiger partial charge in [0.25, 0.3) is 0 Å². The second-order valence-corrected chi connectivity index (χ2v) is 3.58. The summed E-state index contributed by atoms with van der Waals surface area (Å²) in [6, 6.07) is 7.45. The van der Waals surface area contributed by atoms with Crippen molar-refractivity contribution in [2.75, 3.05) is 6.54 Å². The number of nitrogens with two attached hydrogens (primary N) is 1. The summed E-state index contributed by atoms with van der Waals surface area (Å²) in [5.41, 5.74) is 6.42. The topological polar surface area (TPSA) is 46.2 Å². The van der Waals surface area contributed by atoms with Gasteiger partial charge in [0.2, 0.25) is 0 Å². The molecule has 0 fully saturated rings. The Morgan fingerprint density at radius 2 is 1.92 bits per heavy atom. The molecule has 0 aromatic heterocycles. The van der Waals surface area contributed by atoms with E-state index < -0.39 is 6.10 Å². The highest BCUT2D eigenvalue weighted by molar-refractivity contribution is 6.30. The molecule has 2 unspecified atom stereocenters. The first-order valence-electron chi connectivity index (χ1n) is 4.28. The summed E-state index contributed by atoms with van der Waals surface area (Å²) in [5.74, 6) is 0.0577. The fourth-order valence-electron chi connectivity index (χ4n) is 1.19. The molecule has 0 heterocycles. The van der Waals surface area contributed by atoms with Gasteiger partial charge in [-0.15, -0.1) is 0 Å². The quantitative estimate of drug-likeness (QED) is 0.780. The van der Waals surface area contributed by atoms with Gasteiger partial charge in [-0.2, -0.15) is 0 Å². The molecular formula is C10H14ClNO. The van der Waals surface area contributed by atoms with E-state index in [9.17, 15) is 5.11 Å². The maximum atomic E-state index is 9.49. The van der Waals surface area contributed by atoms with Crippen molar-refractivity contribution in [3.8, 4) is 0 Å². The van der Waals surface area contributed by atoms with Gasteiger partial charge in [-0.25, -0.2) is 0 Å². The molecule has 13 heavy (non-hydrogen) atoms. The summed E-state index contributed by atoms with van der Waals surface area (Å²) < 4.78 is 0. The van der Waals surface area contributed by atoms with Crippen LogP contribution in [0.5, 0.6) is 0 Å². The Kier molecular flexibility index (Phi) is 3.72. The highest BCUT2D eigenvalue weighted by atomic mass is 35.5. The lowest BCUT2D eigenvalue weighted by atomic mass is 9.96. The number of aliphatic hydroxyl groups is 1. The first-order valence-corrected chi connectivity index (χ1v) is 4.66. The van der Waals surface area contributed by atoms with Crippen LogP contribution >= 0.6 is 11.6 Å². The summed E-state index contributed by atoms with van der Waals surface area (Å²) in [6.07, 6.45) is -0.485. The van der Waals surface area contributed by atoms with Gasteiger partial charge in [0, 0.05) is 17.5 Å². The van der Waals surface area contributed by atoms with Crippen molar-refractivity contribution < 1.29 is 5.11 Å². The van der Waals surface area contributed by atoms with E-state index in [4.69, 9.17) is 17.3 Å². The lowest BCUT2D eigenvalue weighted by molar-refractivity contribution is 0.157. The molecule has 0 bridgehead atoms. The molecule has 1 rings (SSSR count). The second-order valence-electron chi connectivity index (χ2n) is 3.14. The fraction of sp³-hybridized carbons (Fsp3) is 0.400. The summed E-state index contributed by atoms with van der Waals surface area (Å²) in [4.78, 5) is 0. The monoisotopic (exact) mass is 199 g/mol. The Labute approximate surface area is 83.3 Å². The normalized spacial score (nSPS) is 15.4. The van der Waals surface area contributed by atoms with Crippen LogP contribution in [0, 0.1) is 0 Å². The first-order chi connectivity index (χ1) is 6.15. The van der Waals surface area contributed by atoms with Crippen molar-refractivity contribution in [2.24, 2.45) is 5.73 Å². The van der Waals surface area contributed by atoms with E-state index in [1.165, 1.54) is 0 Å². The van der Waals surface area contributed by atoms with Crippen LogP contribution in [0.3, 0.4) is 0 Å². The number of aliphatic hydroxyl groups excluding tert-OH is 1. The number of hydrogen-bond acceptors (Lipinski definition) is 2. The minimum absolute atomic E-state index is 0.0577. The van der Waals surface area contributed by atoms with Crippen LogP contribution < -0.4 is 5.73 Å². The van der Waals surface area contributed by atoms with E-state index in [-0.39, 0.29) is 12.5 Å². The molecular weight excluding hydrogens is 186 g/mol. The minimum atomic E-state index is -0.485. The number of benzene rings is 1. The number of halogens is 1. The Hall–Kier alpha value is -0.570. The molecule has 0 spiro atoms. The Morgan fingerprint density at radius 1 is 1.38 bits per heavy atom. The van der Waals surface area contributed by atoms with Crippen LogP contribution in [0.15, 0.2) is 24.3 Å². The highest BCUT2D eigenvalue weighted by Crippen LogP contribution is 2.20. The predicted molar refractivity (Wildman–Crippen MR) is 54.9 cm³/mol. The molecule has 3 heteroatoms. The van der Waals surface area contributed by atoms with Crippen molar-refractivity contribution in [3.05, 3.63) is 34.9 Å². The molecule has 3 N–H and O–H groups in total. The highest BCUT2D eigenvalue weighted by Gasteiger charge is 2.13. The standard InChI is InChI=1S/C10H14ClNO/c1-7(10(13)6-12)8-2-4-9(11)5-3-8/h2-5,7,10,13H,6,12H2,1H3.